The highest BCUT2D eigenvalue weighted by molar-refractivity contribution is 5.95. The van der Waals surface area contributed by atoms with Gasteiger partial charge >= 0.3 is 5.97 Å². The van der Waals surface area contributed by atoms with Crippen LogP contribution in [0.2, 0.25) is 0 Å². The summed E-state index contributed by atoms with van der Waals surface area (Å²) in [6.45, 7) is 3.18. The Morgan fingerprint density at radius 3 is 2.50 bits per heavy atom. The second-order valence-corrected chi connectivity index (χ2v) is 6.76. The fourth-order valence-corrected chi connectivity index (χ4v) is 2.57. The summed E-state index contributed by atoms with van der Waals surface area (Å²) in [6.07, 6.45) is 4.47. The van der Waals surface area contributed by atoms with Gasteiger partial charge in [0.2, 0.25) is 0 Å². The Labute approximate surface area is 142 Å². The lowest BCUT2D eigenvalue weighted by Gasteiger charge is -2.20. The molecule has 0 bridgehead atoms. The zero-order valence-electron chi connectivity index (χ0n) is 14.4. The van der Waals surface area contributed by atoms with Gasteiger partial charge in [0, 0.05) is 12.1 Å². The van der Waals surface area contributed by atoms with E-state index in [-0.39, 0.29) is 18.6 Å². The van der Waals surface area contributed by atoms with Crippen molar-refractivity contribution in [1.82, 2.24) is 5.32 Å². The van der Waals surface area contributed by atoms with E-state index in [0.29, 0.717) is 17.1 Å². The molecule has 6 nitrogen and oxygen atoms in total. The zero-order chi connectivity index (χ0) is 17.7. The van der Waals surface area contributed by atoms with Crippen LogP contribution in [-0.2, 0) is 4.79 Å². The molecular weight excluding hydrogens is 310 g/mol. The second kappa shape index (κ2) is 7.55. The molecule has 1 aliphatic carbocycles. The summed E-state index contributed by atoms with van der Waals surface area (Å²) in [7, 11) is 1.56. The quantitative estimate of drug-likeness (QED) is 0.800. The molecule has 0 spiro atoms. The largest absolute Gasteiger partial charge is 0.493 e. The van der Waals surface area contributed by atoms with Crippen LogP contribution in [0, 0.1) is 5.41 Å². The standard InChI is InChI=1S/C18H25NO5/c1-18(2,17(21)22)11-19-16(20)12-8-9-14(23-3)15(10-12)24-13-6-4-5-7-13/h8-10,13H,4-7,11H2,1-3H3,(H,19,20)(H,21,22). The van der Waals surface area contributed by atoms with Crippen molar-refractivity contribution in [2.45, 2.75) is 45.6 Å². The van der Waals surface area contributed by atoms with Gasteiger partial charge in [0.15, 0.2) is 11.5 Å². The predicted molar refractivity (Wildman–Crippen MR) is 89.6 cm³/mol. The van der Waals surface area contributed by atoms with E-state index in [2.05, 4.69) is 5.32 Å². The number of rotatable bonds is 7. The third-order valence-corrected chi connectivity index (χ3v) is 4.29. The summed E-state index contributed by atoms with van der Waals surface area (Å²) in [5.74, 6) is -0.148. The first-order valence-corrected chi connectivity index (χ1v) is 8.20. The van der Waals surface area contributed by atoms with Crippen LogP contribution >= 0.6 is 0 Å². The van der Waals surface area contributed by atoms with Crippen LogP contribution < -0.4 is 14.8 Å². The number of carbonyl (C=O) groups excluding carboxylic acids is 1. The number of carboxylic acid groups (broad SMARTS) is 1. The van der Waals surface area contributed by atoms with Gasteiger partial charge in [-0.15, -0.1) is 0 Å². The minimum atomic E-state index is -1.02. The van der Waals surface area contributed by atoms with E-state index in [1.54, 1.807) is 39.2 Å². The molecule has 1 saturated carbocycles. The van der Waals surface area contributed by atoms with Crippen LogP contribution in [0.15, 0.2) is 18.2 Å². The molecule has 0 radical (unpaired) electrons. The minimum absolute atomic E-state index is 0.0476. The summed E-state index contributed by atoms with van der Waals surface area (Å²) in [5, 5.41) is 11.8. The summed E-state index contributed by atoms with van der Waals surface area (Å²) < 4.78 is 11.3. The molecule has 1 aromatic rings. The monoisotopic (exact) mass is 335 g/mol. The smallest absolute Gasteiger partial charge is 0.310 e. The van der Waals surface area contributed by atoms with Gasteiger partial charge in [-0.1, -0.05) is 0 Å². The van der Waals surface area contributed by atoms with Crippen molar-refractivity contribution >= 4 is 11.9 Å². The first-order valence-electron chi connectivity index (χ1n) is 8.20. The average Bonchev–Trinajstić information content (AvgIpc) is 3.05. The Balaban J connectivity index is 2.09. The lowest BCUT2D eigenvalue weighted by molar-refractivity contribution is -0.146. The number of carboxylic acids is 1. The molecular formula is C18H25NO5. The highest BCUT2D eigenvalue weighted by Crippen LogP contribution is 2.32. The van der Waals surface area contributed by atoms with Gasteiger partial charge in [-0.05, 0) is 57.7 Å². The van der Waals surface area contributed by atoms with Crippen LogP contribution in [0.25, 0.3) is 0 Å². The Morgan fingerprint density at radius 1 is 1.25 bits per heavy atom. The van der Waals surface area contributed by atoms with E-state index in [1.165, 1.54) is 0 Å². The number of carbonyl (C=O) groups is 2. The first kappa shape index (κ1) is 18.1. The van der Waals surface area contributed by atoms with Crippen LogP contribution in [0.4, 0.5) is 0 Å². The van der Waals surface area contributed by atoms with E-state index in [1.807, 2.05) is 0 Å². The van der Waals surface area contributed by atoms with Gasteiger partial charge in [0.1, 0.15) is 0 Å². The SMILES string of the molecule is COc1ccc(C(=O)NCC(C)(C)C(=O)O)cc1OC1CCCC1. The second-order valence-electron chi connectivity index (χ2n) is 6.76. The van der Waals surface area contributed by atoms with E-state index >= 15 is 0 Å². The fraction of sp³-hybridized carbons (Fsp3) is 0.556. The van der Waals surface area contributed by atoms with Gasteiger partial charge in [-0.25, -0.2) is 0 Å². The van der Waals surface area contributed by atoms with Crippen molar-refractivity contribution in [3.8, 4) is 11.5 Å². The van der Waals surface area contributed by atoms with Crippen LogP contribution in [0.1, 0.15) is 49.9 Å². The number of hydrogen-bond acceptors (Lipinski definition) is 4. The van der Waals surface area contributed by atoms with Crippen molar-refractivity contribution in [1.29, 1.82) is 0 Å². The van der Waals surface area contributed by atoms with Crippen LogP contribution in [0.3, 0.4) is 0 Å². The molecule has 1 aliphatic rings. The highest BCUT2D eigenvalue weighted by Gasteiger charge is 2.28. The summed E-state index contributed by atoms with van der Waals surface area (Å²) in [6, 6.07) is 4.99. The molecule has 0 aliphatic heterocycles. The maximum Gasteiger partial charge on any atom is 0.310 e. The minimum Gasteiger partial charge on any atom is -0.493 e. The molecule has 24 heavy (non-hydrogen) atoms. The van der Waals surface area contributed by atoms with E-state index in [4.69, 9.17) is 14.6 Å². The van der Waals surface area contributed by atoms with Crippen molar-refractivity contribution in [2.75, 3.05) is 13.7 Å². The summed E-state index contributed by atoms with van der Waals surface area (Å²) in [5.41, 5.74) is -0.601. The average molecular weight is 335 g/mol. The highest BCUT2D eigenvalue weighted by atomic mass is 16.5. The van der Waals surface area contributed by atoms with Crippen molar-refractivity contribution in [3.63, 3.8) is 0 Å². The van der Waals surface area contributed by atoms with Gasteiger partial charge in [0.05, 0.1) is 18.6 Å². The molecule has 132 valence electrons. The molecule has 0 heterocycles. The molecule has 2 N–H and O–H groups in total. The van der Waals surface area contributed by atoms with Crippen LogP contribution in [-0.4, -0.2) is 36.7 Å². The summed E-state index contributed by atoms with van der Waals surface area (Å²) >= 11 is 0. The van der Waals surface area contributed by atoms with Crippen molar-refractivity contribution < 1.29 is 24.2 Å². The van der Waals surface area contributed by atoms with E-state index in [0.717, 1.165) is 25.7 Å². The first-order chi connectivity index (χ1) is 11.3. The number of amides is 1. The lowest BCUT2D eigenvalue weighted by Crippen LogP contribution is -2.38. The molecule has 1 amide bonds. The third-order valence-electron chi connectivity index (χ3n) is 4.29. The summed E-state index contributed by atoms with van der Waals surface area (Å²) in [4.78, 5) is 23.4. The molecule has 1 aromatic carbocycles. The lowest BCUT2D eigenvalue weighted by atomic mass is 9.94. The number of nitrogens with one attached hydrogen (secondary N) is 1. The number of hydrogen-bond donors (Lipinski definition) is 2. The molecule has 0 aromatic heterocycles. The molecule has 6 heteroatoms. The van der Waals surface area contributed by atoms with Crippen molar-refractivity contribution in [3.05, 3.63) is 23.8 Å². The third kappa shape index (κ3) is 4.40. The molecule has 0 saturated heterocycles. The molecule has 0 unspecified atom stereocenters. The van der Waals surface area contributed by atoms with Gasteiger partial charge in [-0.3, -0.25) is 9.59 Å². The number of benzene rings is 1. The van der Waals surface area contributed by atoms with Gasteiger partial charge in [0.25, 0.3) is 5.91 Å². The van der Waals surface area contributed by atoms with E-state index in [9.17, 15) is 9.59 Å². The Bertz CT molecular complexity index is 605. The normalized spacial score (nSPS) is 15.1. The number of ether oxygens (including phenoxy) is 2. The van der Waals surface area contributed by atoms with Crippen LogP contribution in [0.5, 0.6) is 11.5 Å². The fourth-order valence-electron chi connectivity index (χ4n) is 2.57. The maximum absolute atomic E-state index is 12.3. The predicted octanol–water partition coefficient (Wildman–Crippen LogP) is 2.86. The molecule has 1 fully saturated rings. The number of aliphatic carboxylic acids is 1. The molecule has 2 rings (SSSR count). The Hall–Kier alpha value is -2.24. The zero-order valence-corrected chi connectivity index (χ0v) is 14.4. The number of methoxy groups -OCH3 is 1. The van der Waals surface area contributed by atoms with E-state index < -0.39 is 11.4 Å². The maximum atomic E-state index is 12.3. The van der Waals surface area contributed by atoms with Gasteiger partial charge in [-0.2, -0.15) is 0 Å². The van der Waals surface area contributed by atoms with Gasteiger partial charge < -0.3 is 19.9 Å². The Kier molecular flexibility index (Phi) is 5.70. The Morgan fingerprint density at radius 2 is 1.92 bits per heavy atom. The van der Waals surface area contributed by atoms with Crippen molar-refractivity contribution in [2.24, 2.45) is 5.41 Å². The topological polar surface area (TPSA) is 84.9 Å². The molecule has 0 atom stereocenters.